The number of rotatable bonds is 4. The number of piperazine rings is 1. The topological polar surface area (TPSA) is 58.3 Å². The Morgan fingerprint density at radius 2 is 1.77 bits per heavy atom. The lowest BCUT2D eigenvalue weighted by Gasteiger charge is -2.32. The molecule has 0 bridgehead atoms. The second-order valence-electron chi connectivity index (χ2n) is 6.70. The van der Waals surface area contributed by atoms with Gasteiger partial charge in [-0.15, -0.1) is 0 Å². The molecule has 0 saturated carbocycles. The van der Waals surface area contributed by atoms with E-state index in [0.717, 1.165) is 60.1 Å². The van der Waals surface area contributed by atoms with E-state index in [9.17, 15) is 0 Å². The van der Waals surface area contributed by atoms with Gasteiger partial charge in [-0.25, -0.2) is 4.98 Å². The van der Waals surface area contributed by atoms with Crippen LogP contribution in [0.4, 0.5) is 5.13 Å². The lowest BCUT2D eigenvalue weighted by Crippen LogP contribution is -2.44. The molecule has 0 spiro atoms. The molecule has 1 aromatic carbocycles. The summed E-state index contributed by atoms with van der Waals surface area (Å²) in [5, 5.41) is 0.589. The molecule has 1 aliphatic rings. The second-order valence-corrected chi connectivity index (χ2v) is 7.76. The van der Waals surface area contributed by atoms with Gasteiger partial charge in [-0.3, -0.25) is 9.88 Å². The highest BCUT2D eigenvalue weighted by atomic mass is 32.1. The molecule has 0 unspecified atom stereocenters. The highest BCUT2D eigenvalue weighted by Crippen LogP contribution is 2.35. The molecular formula is C20H23N5S. The average Bonchev–Trinajstić information content (AvgIpc) is 3.10. The van der Waals surface area contributed by atoms with Crippen molar-refractivity contribution in [1.82, 2.24) is 19.8 Å². The standard InChI is InChI=1S/C20H23N5S/c1-24-9-11-25(12-10-24)14-15-5-4-8-18(23-15)16-6-2-3-7-17(16)19-13-22-20(21)26-19/h2-8,13H,9-12,14H2,1H3,(H2,21,22). The van der Waals surface area contributed by atoms with Gasteiger partial charge in [0.1, 0.15) is 0 Å². The maximum atomic E-state index is 5.83. The summed E-state index contributed by atoms with van der Waals surface area (Å²) < 4.78 is 0. The van der Waals surface area contributed by atoms with Crippen LogP contribution in [0.5, 0.6) is 0 Å². The highest BCUT2D eigenvalue weighted by Gasteiger charge is 2.15. The zero-order chi connectivity index (χ0) is 17.9. The number of nitrogens with two attached hydrogens (primary N) is 1. The molecule has 0 amide bonds. The van der Waals surface area contributed by atoms with Crippen LogP contribution in [0.2, 0.25) is 0 Å². The monoisotopic (exact) mass is 365 g/mol. The average molecular weight is 366 g/mol. The fraction of sp³-hybridized carbons (Fsp3) is 0.300. The molecule has 0 aliphatic carbocycles. The first kappa shape index (κ1) is 17.1. The number of pyridine rings is 1. The summed E-state index contributed by atoms with van der Waals surface area (Å²) in [5.74, 6) is 0. The van der Waals surface area contributed by atoms with Gasteiger partial charge in [-0.1, -0.05) is 41.7 Å². The first-order valence-corrected chi connectivity index (χ1v) is 9.68. The second kappa shape index (κ2) is 7.53. The summed E-state index contributed by atoms with van der Waals surface area (Å²) in [6.45, 7) is 5.33. The lowest BCUT2D eigenvalue weighted by molar-refractivity contribution is 0.147. The number of aromatic nitrogens is 2. The summed E-state index contributed by atoms with van der Waals surface area (Å²) in [4.78, 5) is 15.1. The Hall–Kier alpha value is -2.28. The zero-order valence-electron chi connectivity index (χ0n) is 14.9. The molecule has 1 saturated heterocycles. The molecule has 134 valence electrons. The van der Waals surface area contributed by atoms with Crippen LogP contribution in [0.25, 0.3) is 21.7 Å². The third-order valence-electron chi connectivity index (χ3n) is 4.78. The quantitative estimate of drug-likeness (QED) is 0.769. The Morgan fingerprint density at radius 1 is 1.00 bits per heavy atom. The number of thiazole rings is 1. The fourth-order valence-electron chi connectivity index (χ4n) is 3.29. The van der Waals surface area contributed by atoms with Crippen LogP contribution in [-0.4, -0.2) is 53.0 Å². The molecule has 1 fully saturated rings. The van der Waals surface area contributed by atoms with Crippen LogP contribution < -0.4 is 5.73 Å². The number of hydrogen-bond acceptors (Lipinski definition) is 6. The van der Waals surface area contributed by atoms with E-state index in [-0.39, 0.29) is 0 Å². The van der Waals surface area contributed by atoms with Crippen molar-refractivity contribution in [3.63, 3.8) is 0 Å². The van der Waals surface area contributed by atoms with E-state index in [4.69, 9.17) is 10.7 Å². The molecule has 3 aromatic rings. The van der Waals surface area contributed by atoms with Crippen LogP contribution in [0, 0.1) is 0 Å². The van der Waals surface area contributed by atoms with Crippen molar-refractivity contribution in [2.45, 2.75) is 6.54 Å². The van der Waals surface area contributed by atoms with Gasteiger partial charge >= 0.3 is 0 Å². The number of benzene rings is 1. The van der Waals surface area contributed by atoms with Gasteiger partial charge in [0.2, 0.25) is 0 Å². The summed E-state index contributed by atoms with van der Waals surface area (Å²) in [6.07, 6.45) is 1.84. The van der Waals surface area contributed by atoms with Crippen molar-refractivity contribution in [3.8, 4) is 21.7 Å². The summed E-state index contributed by atoms with van der Waals surface area (Å²) in [6, 6.07) is 14.6. The molecule has 0 radical (unpaired) electrons. The number of hydrogen-bond donors (Lipinski definition) is 1. The number of likely N-dealkylation sites (N-methyl/N-ethyl adjacent to an activating group) is 1. The molecule has 4 rings (SSSR count). The van der Waals surface area contributed by atoms with Crippen molar-refractivity contribution in [1.29, 1.82) is 0 Å². The van der Waals surface area contributed by atoms with Gasteiger partial charge in [0, 0.05) is 50.0 Å². The van der Waals surface area contributed by atoms with Crippen molar-refractivity contribution in [2.24, 2.45) is 0 Å². The first-order valence-electron chi connectivity index (χ1n) is 8.87. The van der Waals surface area contributed by atoms with E-state index < -0.39 is 0 Å². The predicted molar refractivity (Wildman–Crippen MR) is 108 cm³/mol. The van der Waals surface area contributed by atoms with Crippen LogP contribution in [0.1, 0.15) is 5.69 Å². The van der Waals surface area contributed by atoms with E-state index in [1.165, 1.54) is 11.3 Å². The number of anilines is 1. The molecular weight excluding hydrogens is 342 g/mol. The van der Waals surface area contributed by atoms with E-state index >= 15 is 0 Å². The Bertz CT molecular complexity index is 883. The molecule has 3 heterocycles. The minimum Gasteiger partial charge on any atom is -0.375 e. The van der Waals surface area contributed by atoms with Gasteiger partial charge in [0.05, 0.1) is 16.3 Å². The van der Waals surface area contributed by atoms with E-state index in [1.54, 1.807) is 0 Å². The van der Waals surface area contributed by atoms with Crippen molar-refractivity contribution >= 4 is 16.5 Å². The Morgan fingerprint density at radius 3 is 2.50 bits per heavy atom. The Kier molecular flexibility index (Phi) is 4.97. The number of nitrogen functional groups attached to an aromatic ring is 1. The van der Waals surface area contributed by atoms with E-state index in [1.807, 2.05) is 12.3 Å². The maximum absolute atomic E-state index is 5.83. The minimum absolute atomic E-state index is 0.589. The smallest absolute Gasteiger partial charge is 0.180 e. The van der Waals surface area contributed by atoms with Crippen LogP contribution in [-0.2, 0) is 6.54 Å². The molecule has 5 nitrogen and oxygen atoms in total. The van der Waals surface area contributed by atoms with Crippen LogP contribution in [0.15, 0.2) is 48.7 Å². The predicted octanol–water partition coefficient (Wildman–Crippen LogP) is 3.20. The molecule has 2 aromatic heterocycles. The van der Waals surface area contributed by atoms with Crippen molar-refractivity contribution in [2.75, 3.05) is 39.0 Å². The molecule has 6 heteroatoms. The van der Waals surface area contributed by atoms with Crippen molar-refractivity contribution in [3.05, 3.63) is 54.4 Å². The van der Waals surface area contributed by atoms with Gasteiger partial charge < -0.3 is 10.6 Å². The SMILES string of the molecule is CN1CCN(Cc2cccc(-c3ccccc3-c3cnc(N)s3)n2)CC1. The largest absolute Gasteiger partial charge is 0.375 e. The van der Waals surface area contributed by atoms with Crippen LogP contribution in [0.3, 0.4) is 0 Å². The molecule has 2 N–H and O–H groups in total. The normalized spacial score (nSPS) is 16.0. The first-order chi connectivity index (χ1) is 12.7. The van der Waals surface area contributed by atoms with Gasteiger partial charge in [-0.05, 0) is 19.2 Å². The molecule has 26 heavy (non-hydrogen) atoms. The third kappa shape index (κ3) is 3.77. The van der Waals surface area contributed by atoms with Crippen molar-refractivity contribution < 1.29 is 0 Å². The summed E-state index contributed by atoms with van der Waals surface area (Å²) >= 11 is 1.51. The van der Waals surface area contributed by atoms with E-state index in [0.29, 0.717) is 5.13 Å². The minimum atomic E-state index is 0.589. The molecule has 1 aliphatic heterocycles. The summed E-state index contributed by atoms with van der Waals surface area (Å²) in [7, 11) is 2.18. The van der Waals surface area contributed by atoms with Gasteiger partial charge in [0.25, 0.3) is 0 Å². The zero-order valence-corrected chi connectivity index (χ0v) is 15.7. The highest BCUT2D eigenvalue weighted by molar-refractivity contribution is 7.18. The van der Waals surface area contributed by atoms with Gasteiger partial charge in [-0.2, -0.15) is 0 Å². The fourth-order valence-corrected chi connectivity index (χ4v) is 4.01. The third-order valence-corrected chi connectivity index (χ3v) is 5.64. The lowest BCUT2D eigenvalue weighted by atomic mass is 10.0. The Balaban J connectivity index is 1.61. The van der Waals surface area contributed by atoms with Gasteiger partial charge in [0.15, 0.2) is 5.13 Å². The number of nitrogens with zero attached hydrogens (tertiary/aromatic N) is 4. The van der Waals surface area contributed by atoms with Crippen LogP contribution >= 0.6 is 11.3 Å². The van der Waals surface area contributed by atoms with E-state index in [2.05, 4.69) is 58.2 Å². The molecule has 0 atom stereocenters. The maximum Gasteiger partial charge on any atom is 0.180 e. The summed E-state index contributed by atoms with van der Waals surface area (Å²) in [5.41, 5.74) is 10.2. The Labute approximate surface area is 158 Å².